The molecule has 2 heterocycles. The number of carbonyl (C=O) groups is 1. The number of hydrogen-bond acceptors (Lipinski definition) is 3. The van der Waals surface area contributed by atoms with Gasteiger partial charge in [0.05, 0.1) is 11.0 Å². The van der Waals surface area contributed by atoms with E-state index < -0.39 is 0 Å². The zero-order chi connectivity index (χ0) is 19.8. The van der Waals surface area contributed by atoms with Crippen LogP contribution >= 0.6 is 11.6 Å². The molecule has 148 valence electrons. The molecule has 1 aromatic carbocycles. The fourth-order valence-corrected chi connectivity index (χ4v) is 4.43. The van der Waals surface area contributed by atoms with Crippen molar-refractivity contribution in [3.05, 3.63) is 29.0 Å². The Kier molecular flexibility index (Phi) is 5.55. The van der Waals surface area contributed by atoms with E-state index in [0.29, 0.717) is 17.4 Å². The second kappa shape index (κ2) is 7.44. The topological polar surface area (TPSA) is 61.0 Å². The first-order valence-corrected chi connectivity index (χ1v) is 10.1. The first kappa shape index (κ1) is 20.2. The molecule has 2 N–H and O–H groups in total. The van der Waals surface area contributed by atoms with Crippen LogP contribution < -0.4 is 5.32 Å². The summed E-state index contributed by atoms with van der Waals surface area (Å²) in [5.41, 5.74) is 2.11. The van der Waals surface area contributed by atoms with Crippen LogP contribution in [0, 0.1) is 5.92 Å². The maximum absolute atomic E-state index is 12.3. The second-order valence-electron chi connectivity index (χ2n) is 8.93. The van der Waals surface area contributed by atoms with Gasteiger partial charge in [-0.15, -0.1) is 0 Å². The predicted molar refractivity (Wildman–Crippen MR) is 111 cm³/mol. The van der Waals surface area contributed by atoms with E-state index in [2.05, 4.69) is 54.9 Å². The van der Waals surface area contributed by atoms with Crippen molar-refractivity contribution in [2.45, 2.75) is 64.5 Å². The highest BCUT2D eigenvalue weighted by molar-refractivity contribution is 6.31. The Bertz CT molecular complexity index is 827. The lowest BCUT2D eigenvalue weighted by Crippen LogP contribution is -2.48. The number of carbonyl (C=O) groups excluding carboxylic acids is 1. The van der Waals surface area contributed by atoms with Crippen LogP contribution in [0.15, 0.2) is 18.2 Å². The second-order valence-corrected chi connectivity index (χ2v) is 9.37. The van der Waals surface area contributed by atoms with Crippen molar-refractivity contribution in [3.63, 3.8) is 0 Å². The summed E-state index contributed by atoms with van der Waals surface area (Å²) in [6, 6.07) is 5.62. The van der Waals surface area contributed by atoms with E-state index in [4.69, 9.17) is 11.6 Å². The molecule has 0 saturated carbocycles. The van der Waals surface area contributed by atoms with Gasteiger partial charge in [-0.2, -0.15) is 0 Å². The molecule has 5 nitrogen and oxygen atoms in total. The first-order chi connectivity index (χ1) is 12.6. The summed E-state index contributed by atoms with van der Waals surface area (Å²) in [4.78, 5) is 22.6. The number of imidazole rings is 1. The molecule has 1 amide bonds. The van der Waals surface area contributed by atoms with Gasteiger partial charge in [-0.25, -0.2) is 4.98 Å². The lowest BCUT2D eigenvalue weighted by Gasteiger charge is -2.38. The van der Waals surface area contributed by atoms with Crippen LogP contribution in [0.2, 0.25) is 5.02 Å². The maximum atomic E-state index is 12.3. The van der Waals surface area contributed by atoms with Gasteiger partial charge in [0.1, 0.15) is 5.82 Å². The minimum Gasteiger partial charge on any atom is -0.356 e. The Morgan fingerprint density at radius 3 is 2.78 bits per heavy atom. The third kappa shape index (κ3) is 4.30. The Morgan fingerprint density at radius 1 is 1.37 bits per heavy atom. The molecule has 1 unspecified atom stereocenters. The number of halogens is 1. The van der Waals surface area contributed by atoms with Crippen molar-refractivity contribution >= 4 is 28.5 Å². The largest absolute Gasteiger partial charge is 0.356 e. The predicted octanol–water partition coefficient (Wildman–Crippen LogP) is 4.16. The van der Waals surface area contributed by atoms with Gasteiger partial charge in [-0.3, -0.25) is 9.69 Å². The molecule has 3 rings (SSSR count). The monoisotopic (exact) mass is 390 g/mol. The summed E-state index contributed by atoms with van der Waals surface area (Å²) in [6.07, 6.45) is 3.14. The number of rotatable bonds is 6. The first-order valence-electron chi connectivity index (χ1n) is 9.74. The highest BCUT2D eigenvalue weighted by atomic mass is 35.5. The van der Waals surface area contributed by atoms with Gasteiger partial charge in [0.2, 0.25) is 5.91 Å². The quantitative estimate of drug-likeness (QED) is 0.778. The van der Waals surface area contributed by atoms with Crippen LogP contribution in [0.4, 0.5) is 0 Å². The highest BCUT2D eigenvalue weighted by Crippen LogP contribution is 2.43. The summed E-state index contributed by atoms with van der Waals surface area (Å²) in [5, 5.41) is 3.84. The van der Waals surface area contributed by atoms with Crippen LogP contribution in [0.5, 0.6) is 0 Å². The van der Waals surface area contributed by atoms with Gasteiger partial charge < -0.3 is 10.3 Å². The number of fused-ring (bicyclic) bond motifs is 1. The molecule has 1 aromatic heterocycles. The van der Waals surface area contributed by atoms with Gasteiger partial charge in [0, 0.05) is 35.5 Å². The molecule has 0 bridgehead atoms. The summed E-state index contributed by atoms with van der Waals surface area (Å²) >= 11 is 6.01. The number of H-pyrrole nitrogens is 1. The number of hydrogen-bond donors (Lipinski definition) is 2. The molecule has 1 aliphatic heterocycles. The van der Waals surface area contributed by atoms with Crippen molar-refractivity contribution < 1.29 is 4.79 Å². The van der Waals surface area contributed by atoms with E-state index in [9.17, 15) is 4.79 Å². The lowest BCUT2D eigenvalue weighted by atomic mass is 9.87. The zero-order valence-electron chi connectivity index (χ0n) is 17.0. The molecule has 0 spiro atoms. The third-order valence-electron chi connectivity index (χ3n) is 6.37. The third-order valence-corrected chi connectivity index (χ3v) is 6.61. The summed E-state index contributed by atoms with van der Waals surface area (Å²) in [6.45, 7) is 9.83. The van der Waals surface area contributed by atoms with Crippen LogP contribution in [-0.2, 0) is 11.2 Å². The Morgan fingerprint density at radius 2 is 2.11 bits per heavy atom. The van der Waals surface area contributed by atoms with Crippen molar-refractivity contribution in [1.29, 1.82) is 0 Å². The molecule has 1 saturated heterocycles. The number of likely N-dealkylation sites (tertiary alicyclic amines) is 1. The average Bonchev–Trinajstić information content (AvgIpc) is 3.05. The molecular weight excluding hydrogens is 360 g/mol. The molecule has 1 aliphatic rings. The lowest BCUT2D eigenvalue weighted by molar-refractivity contribution is -0.121. The number of benzene rings is 1. The standard InChI is InChI=1S/C21H31ClN4O/c1-20(2)12-14(21(3,4)26(20)5)13-23-19(27)8-6-7-18-24-16-10-9-15(22)11-17(16)25-18/h9-11,14H,6-8,12-13H2,1-5H3,(H,23,27)(H,24,25). The van der Waals surface area contributed by atoms with E-state index in [1.807, 2.05) is 18.2 Å². The van der Waals surface area contributed by atoms with Crippen molar-refractivity contribution in [3.8, 4) is 0 Å². The molecule has 27 heavy (non-hydrogen) atoms. The van der Waals surface area contributed by atoms with Crippen molar-refractivity contribution in [2.24, 2.45) is 5.92 Å². The smallest absolute Gasteiger partial charge is 0.220 e. The molecule has 0 radical (unpaired) electrons. The Labute approximate surface area is 166 Å². The minimum absolute atomic E-state index is 0.0896. The number of nitrogens with zero attached hydrogens (tertiary/aromatic N) is 2. The number of aryl methyl sites for hydroxylation is 1. The Hall–Kier alpha value is -1.59. The molecule has 0 aliphatic carbocycles. The molecule has 1 atom stereocenters. The number of amides is 1. The van der Waals surface area contributed by atoms with Gasteiger partial charge in [-0.05, 0) is 71.7 Å². The molecule has 2 aromatic rings. The van der Waals surface area contributed by atoms with E-state index in [1.54, 1.807) is 0 Å². The van der Waals surface area contributed by atoms with E-state index in [1.165, 1.54) is 0 Å². The van der Waals surface area contributed by atoms with E-state index in [-0.39, 0.29) is 17.0 Å². The van der Waals surface area contributed by atoms with Gasteiger partial charge in [0.25, 0.3) is 0 Å². The van der Waals surface area contributed by atoms with E-state index >= 15 is 0 Å². The van der Waals surface area contributed by atoms with E-state index in [0.717, 1.165) is 42.7 Å². The van der Waals surface area contributed by atoms with Crippen LogP contribution in [0.3, 0.4) is 0 Å². The number of aromatic nitrogens is 2. The maximum Gasteiger partial charge on any atom is 0.220 e. The fourth-order valence-electron chi connectivity index (χ4n) is 4.26. The number of nitrogens with one attached hydrogen (secondary N) is 2. The molecule has 6 heteroatoms. The highest BCUT2D eigenvalue weighted by Gasteiger charge is 2.48. The van der Waals surface area contributed by atoms with Crippen molar-refractivity contribution in [1.82, 2.24) is 20.2 Å². The van der Waals surface area contributed by atoms with Gasteiger partial charge in [0.15, 0.2) is 0 Å². The normalized spacial score (nSPS) is 21.6. The fraction of sp³-hybridized carbons (Fsp3) is 0.619. The van der Waals surface area contributed by atoms with Crippen molar-refractivity contribution in [2.75, 3.05) is 13.6 Å². The summed E-state index contributed by atoms with van der Waals surface area (Å²) in [5.74, 6) is 1.49. The molecular formula is C21H31ClN4O. The van der Waals surface area contributed by atoms with Gasteiger partial charge in [-0.1, -0.05) is 11.6 Å². The van der Waals surface area contributed by atoms with Crippen LogP contribution in [0.25, 0.3) is 11.0 Å². The molecule has 1 fully saturated rings. The average molecular weight is 391 g/mol. The van der Waals surface area contributed by atoms with Crippen LogP contribution in [0.1, 0.15) is 52.8 Å². The van der Waals surface area contributed by atoms with Crippen LogP contribution in [-0.4, -0.2) is 45.4 Å². The SMILES string of the molecule is CN1C(C)(C)CC(CNC(=O)CCCc2nc3ccc(Cl)cc3[nH]2)C1(C)C. The summed E-state index contributed by atoms with van der Waals surface area (Å²) in [7, 11) is 2.18. The van der Waals surface area contributed by atoms with Gasteiger partial charge >= 0.3 is 0 Å². The summed E-state index contributed by atoms with van der Waals surface area (Å²) < 4.78 is 0. The minimum atomic E-state index is 0.0896. The number of aromatic amines is 1. The Balaban J connectivity index is 1.46. The zero-order valence-corrected chi connectivity index (χ0v) is 17.8.